The van der Waals surface area contributed by atoms with E-state index in [-0.39, 0.29) is 11.8 Å². The van der Waals surface area contributed by atoms with Gasteiger partial charge in [0.25, 0.3) is 0 Å². The third-order valence-electron chi connectivity index (χ3n) is 5.66. The molecule has 0 spiro atoms. The molecular formula is C24H28N4O. The van der Waals surface area contributed by atoms with Crippen LogP contribution in [0.15, 0.2) is 67.1 Å². The molecule has 0 unspecified atom stereocenters. The maximum absolute atomic E-state index is 12.7. The van der Waals surface area contributed by atoms with Crippen LogP contribution in [0.2, 0.25) is 0 Å². The van der Waals surface area contributed by atoms with E-state index in [1.165, 1.54) is 5.56 Å². The van der Waals surface area contributed by atoms with Crippen LogP contribution >= 0.6 is 0 Å². The minimum absolute atomic E-state index is 0.0368. The zero-order valence-electron chi connectivity index (χ0n) is 17.1. The Labute approximate surface area is 172 Å². The van der Waals surface area contributed by atoms with Crippen molar-refractivity contribution in [2.75, 3.05) is 23.3 Å². The van der Waals surface area contributed by atoms with Gasteiger partial charge in [0.05, 0.1) is 5.69 Å². The predicted octanol–water partition coefficient (Wildman–Crippen LogP) is 4.85. The highest BCUT2D eigenvalue weighted by Gasteiger charge is 2.27. The van der Waals surface area contributed by atoms with Crippen molar-refractivity contribution in [1.82, 2.24) is 9.55 Å². The number of hydrogen-bond donors (Lipinski definition) is 1. The molecule has 1 N–H and O–H groups in total. The molecular weight excluding hydrogens is 360 g/mol. The van der Waals surface area contributed by atoms with E-state index >= 15 is 0 Å². The molecule has 1 saturated heterocycles. The lowest BCUT2D eigenvalue weighted by Gasteiger charge is -2.33. The van der Waals surface area contributed by atoms with Crippen molar-refractivity contribution in [3.63, 3.8) is 0 Å². The van der Waals surface area contributed by atoms with E-state index < -0.39 is 0 Å². The van der Waals surface area contributed by atoms with Crippen LogP contribution in [0, 0.1) is 5.92 Å². The lowest BCUT2D eigenvalue weighted by molar-refractivity contribution is -0.120. The molecule has 3 heterocycles. The van der Waals surface area contributed by atoms with Crippen molar-refractivity contribution in [3.8, 4) is 5.69 Å². The zero-order valence-corrected chi connectivity index (χ0v) is 17.1. The molecule has 0 aliphatic carbocycles. The highest BCUT2D eigenvalue weighted by atomic mass is 16.1. The molecule has 0 atom stereocenters. The molecule has 1 aliphatic rings. The number of benzene rings is 1. The topological polar surface area (TPSA) is 50.2 Å². The summed E-state index contributed by atoms with van der Waals surface area (Å²) in [4.78, 5) is 19.6. The zero-order chi connectivity index (χ0) is 20.2. The lowest BCUT2D eigenvalue weighted by atomic mass is 9.95. The standard InChI is InChI=1S/C24H28N4O/c1-18(2)19-7-9-21(10-8-19)26-24(29)20-11-16-28(17-12-20)23-22(6-5-13-25-23)27-14-3-4-15-27/h3-10,13-15,18,20H,11-12,16-17H2,1-2H3,(H,26,29). The van der Waals surface area contributed by atoms with Crippen LogP contribution in [0.5, 0.6) is 0 Å². The van der Waals surface area contributed by atoms with Crippen molar-refractivity contribution in [2.45, 2.75) is 32.6 Å². The number of amides is 1. The Morgan fingerprint density at radius 2 is 1.72 bits per heavy atom. The van der Waals surface area contributed by atoms with Crippen LogP contribution in [-0.2, 0) is 4.79 Å². The molecule has 0 radical (unpaired) electrons. The van der Waals surface area contributed by atoms with E-state index in [9.17, 15) is 4.79 Å². The second-order valence-corrected chi connectivity index (χ2v) is 7.96. The van der Waals surface area contributed by atoms with Crippen LogP contribution in [-0.4, -0.2) is 28.5 Å². The summed E-state index contributed by atoms with van der Waals surface area (Å²) in [5.41, 5.74) is 3.23. The van der Waals surface area contributed by atoms with Crippen LogP contribution in [0.4, 0.5) is 11.5 Å². The Balaban J connectivity index is 1.38. The summed E-state index contributed by atoms with van der Waals surface area (Å²) in [6.45, 7) is 6.00. The number of hydrogen-bond acceptors (Lipinski definition) is 3. The van der Waals surface area contributed by atoms with Crippen LogP contribution in [0.3, 0.4) is 0 Å². The monoisotopic (exact) mass is 388 g/mol. The third-order valence-corrected chi connectivity index (χ3v) is 5.66. The van der Waals surface area contributed by atoms with Gasteiger partial charge in [0.15, 0.2) is 5.82 Å². The Hall–Kier alpha value is -3.08. The number of carbonyl (C=O) groups is 1. The van der Waals surface area contributed by atoms with E-state index in [0.717, 1.165) is 43.1 Å². The number of nitrogens with one attached hydrogen (secondary N) is 1. The second kappa shape index (κ2) is 8.52. The Kier molecular flexibility index (Phi) is 5.65. The molecule has 0 bridgehead atoms. The second-order valence-electron chi connectivity index (χ2n) is 7.96. The number of carbonyl (C=O) groups excluding carboxylic acids is 1. The van der Waals surface area contributed by atoms with Gasteiger partial charge in [-0.05, 0) is 60.7 Å². The van der Waals surface area contributed by atoms with Gasteiger partial charge in [-0.15, -0.1) is 0 Å². The van der Waals surface area contributed by atoms with Gasteiger partial charge in [0.1, 0.15) is 0 Å². The summed E-state index contributed by atoms with van der Waals surface area (Å²) >= 11 is 0. The largest absolute Gasteiger partial charge is 0.355 e. The molecule has 2 aromatic heterocycles. The first-order valence-electron chi connectivity index (χ1n) is 10.4. The first-order valence-corrected chi connectivity index (χ1v) is 10.4. The molecule has 1 fully saturated rings. The summed E-state index contributed by atoms with van der Waals surface area (Å²) in [7, 11) is 0. The molecule has 5 nitrogen and oxygen atoms in total. The van der Waals surface area contributed by atoms with Gasteiger partial charge in [-0.25, -0.2) is 4.98 Å². The third kappa shape index (κ3) is 4.34. The molecule has 1 aliphatic heterocycles. The number of piperidine rings is 1. The number of anilines is 2. The Morgan fingerprint density at radius 1 is 1.03 bits per heavy atom. The normalized spacial score (nSPS) is 14.9. The minimum atomic E-state index is 0.0368. The van der Waals surface area contributed by atoms with Crippen molar-refractivity contribution in [2.24, 2.45) is 5.92 Å². The van der Waals surface area contributed by atoms with Crippen molar-refractivity contribution in [1.29, 1.82) is 0 Å². The van der Waals surface area contributed by atoms with Gasteiger partial charge in [0, 0.05) is 43.3 Å². The van der Waals surface area contributed by atoms with Crippen molar-refractivity contribution < 1.29 is 4.79 Å². The fourth-order valence-corrected chi connectivity index (χ4v) is 3.88. The summed E-state index contributed by atoms with van der Waals surface area (Å²) < 4.78 is 2.09. The van der Waals surface area contributed by atoms with E-state index in [2.05, 4.69) is 51.8 Å². The van der Waals surface area contributed by atoms with E-state index in [4.69, 9.17) is 0 Å². The first-order chi connectivity index (χ1) is 14.1. The smallest absolute Gasteiger partial charge is 0.227 e. The van der Waals surface area contributed by atoms with Gasteiger partial charge in [0.2, 0.25) is 5.91 Å². The van der Waals surface area contributed by atoms with E-state index in [1.54, 1.807) is 0 Å². The van der Waals surface area contributed by atoms with Crippen molar-refractivity contribution >= 4 is 17.4 Å². The van der Waals surface area contributed by atoms with Crippen LogP contribution in [0.25, 0.3) is 5.69 Å². The highest BCUT2D eigenvalue weighted by Crippen LogP contribution is 2.27. The number of aromatic nitrogens is 2. The van der Waals surface area contributed by atoms with Crippen LogP contribution in [0.1, 0.15) is 38.2 Å². The number of rotatable bonds is 5. The van der Waals surface area contributed by atoms with Crippen molar-refractivity contribution in [3.05, 3.63) is 72.7 Å². The number of nitrogens with zero attached hydrogens (tertiary/aromatic N) is 3. The van der Waals surface area contributed by atoms with Gasteiger partial charge in [-0.3, -0.25) is 4.79 Å². The van der Waals surface area contributed by atoms with E-state index in [0.29, 0.717) is 5.92 Å². The summed E-state index contributed by atoms with van der Waals surface area (Å²) in [6.07, 6.45) is 7.56. The maximum Gasteiger partial charge on any atom is 0.227 e. The SMILES string of the molecule is CC(C)c1ccc(NC(=O)C2CCN(c3ncccc3-n3cccc3)CC2)cc1. The predicted molar refractivity (Wildman–Crippen MR) is 118 cm³/mol. The molecule has 4 rings (SSSR count). The molecule has 150 valence electrons. The Morgan fingerprint density at radius 3 is 2.38 bits per heavy atom. The Bertz CT molecular complexity index is 939. The molecule has 5 heteroatoms. The summed E-state index contributed by atoms with van der Waals surface area (Å²) in [6, 6.07) is 16.3. The molecule has 0 saturated carbocycles. The van der Waals surface area contributed by atoms with Gasteiger partial charge in [-0.2, -0.15) is 0 Å². The van der Waals surface area contributed by atoms with Gasteiger partial charge in [-0.1, -0.05) is 26.0 Å². The van der Waals surface area contributed by atoms with Crippen LogP contribution < -0.4 is 10.2 Å². The fourth-order valence-electron chi connectivity index (χ4n) is 3.88. The molecule has 3 aromatic rings. The average molecular weight is 389 g/mol. The summed E-state index contributed by atoms with van der Waals surface area (Å²) in [5.74, 6) is 1.63. The quantitative estimate of drug-likeness (QED) is 0.680. The average Bonchev–Trinajstić information content (AvgIpc) is 3.29. The van der Waals surface area contributed by atoms with Gasteiger partial charge < -0.3 is 14.8 Å². The minimum Gasteiger partial charge on any atom is -0.355 e. The highest BCUT2D eigenvalue weighted by molar-refractivity contribution is 5.92. The molecule has 1 amide bonds. The fraction of sp³-hybridized carbons (Fsp3) is 0.333. The molecule has 29 heavy (non-hydrogen) atoms. The summed E-state index contributed by atoms with van der Waals surface area (Å²) in [5, 5.41) is 3.09. The molecule has 1 aromatic carbocycles. The first kappa shape index (κ1) is 19.2. The number of pyridine rings is 1. The maximum atomic E-state index is 12.7. The van der Waals surface area contributed by atoms with E-state index in [1.807, 2.05) is 48.9 Å². The van der Waals surface area contributed by atoms with Gasteiger partial charge >= 0.3 is 0 Å². The lowest BCUT2D eigenvalue weighted by Crippen LogP contribution is -2.39.